The molecule has 2 aromatic carbocycles. The number of allylic oxidation sites excluding steroid dienone is 2. The molecule has 2 nitrogen and oxygen atoms in total. The van der Waals surface area contributed by atoms with Crippen molar-refractivity contribution >= 4 is 11.9 Å². The Morgan fingerprint density at radius 3 is 2.60 bits per heavy atom. The fraction of sp³-hybridized carbons (Fsp3) is 0.296. The summed E-state index contributed by atoms with van der Waals surface area (Å²) in [6.07, 6.45) is 4.71. The number of Topliss-reactive ketones (excluding diaryl/α,β-unsaturated/α-hetero) is 1. The van der Waals surface area contributed by atoms with E-state index >= 15 is 0 Å². The Morgan fingerprint density at radius 2 is 1.87 bits per heavy atom. The maximum Gasteiger partial charge on any atom is 0.184 e. The topological polar surface area (TPSA) is 37.3 Å². The normalized spacial score (nSPS) is 25.0. The summed E-state index contributed by atoms with van der Waals surface area (Å²) in [5, 5.41) is 10.6. The summed E-state index contributed by atoms with van der Waals surface area (Å²) in [5.41, 5.74) is 4.71. The molecule has 1 saturated carbocycles. The zero-order valence-electron chi connectivity index (χ0n) is 17.3. The van der Waals surface area contributed by atoms with Gasteiger partial charge in [0.2, 0.25) is 0 Å². The van der Waals surface area contributed by atoms with Crippen LogP contribution in [0.4, 0.5) is 4.39 Å². The Kier molecular flexibility index (Phi) is 5.45. The molecule has 2 atom stereocenters. The largest absolute Gasteiger partial charge is 0.392 e. The zero-order valence-corrected chi connectivity index (χ0v) is 17.3. The van der Waals surface area contributed by atoms with Gasteiger partial charge >= 0.3 is 0 Å². The molecule has 0 amide bonds. The number of hydrogen-bond acceptors (Lipinski definition) is 2. The average Bonchev–Trinajstić information content (AvgIpc) is 2.73. The lowest BCUT2D eigenvalue weighted by Crippen LogP contribution is -2.42. The summed E-state index contributed by atoms with van der Waals surface area (Å²) in [6.45, 7) is 3.98. The lowest BCUT2D eigenvalue weighted by Gasteiger charge is -2.45. The summed E-state index contributed by atoms with van der Waals surface area (Å²) >= 11 is 0. The van der Waals surface area contributed by atoms with Gasteiger partial charge in [-0.25, -0.2) is 4.39 Å². The van der Waals surface area contributed by atoms with Gasteiger partial charge in [-0.05, 0) is 80.2 Å². The van der Waals surface area contributed by atoms with Crippen molar-refractivity contribution in [2.75, 3.05) is 0 Å². The second-order valence-corrected chi connectivity index (χ2v) is 8.49. The van der Waals surface area contributed by atoms with Gasteiger partial charge in [0.1, 0.15) is 5.82 Å². The molecular weight excluding hydrogens is 375 g/mol. The average molecular weight is 400 g/mol. The van der Waals surface area contributed by atoms with Gasteiger partial charge in [0.25, 0.3) is 0 Å². The first-order valence-corrected chi connectivity index (χ1v) is 10.4. The summed E-state index contributed by atoms with van der Waals surface area (Å²) < 4.78 is 13.3. The molecule has 3 heteroatoms. The summed E-state index contributed by atoms with van der Waals surface area (Å²) in [5.74, 6) is 5.79. The number of carbonyl (C=O) groups excluding carboxylic acids is 1. The fourth-order valence-electron chi connectivity index (χ4n) is 4.66. The van der Waals surface area contributed by atoms with Crippen LogP contribution in [0.5, 0.6) is 0 Å². The third kappa shape index (κ3) is 3.88. The van der Waals surface area contributed by atoms with E-state index in [1.165, 1.54) is 12.1 Å². The third-order valence-corrected chi connectivity index (χ3v) is 6.40. The highest BCUT2D eigenvalue weighted by Gasteiger charge is 2.45. The van der Waals surface area contributed by atoms with E-state index in [2.05, 4.69) is 18.8 Å². The molecule has 0 bridgehead atoms. The van der Waals surface area contributed by atoms with Gasteiger partial charge in [0.15, 0.2) is 5.78 Å². The maximum absolute atomic E-state index is 13.3. The molecule has 30 heavy (non-hydrogen) atoms. The van der Waals surface area contributed by atoms with Crippen molar-refractivity contribution in [3.05, 3.63) is 87.8 Å². The van der Waals surface area contributed by atoms with Gasteiger partial charge in [-0.1, -0.05) is 42.5 Å². The Morgan fingerprint density at radius 1 is 1.13 bits per heavy atom. The molecule has 2 aliphatic carbocycles. The summed E-state index contributed by atoms with van der Waals surface area (Å²) in [7, 11) is 0. The quantitative estimate of drug-likeness (QED) is 0.511. The van der Waals surface area contributed by atoms with Crippen LogP contribution in [-0.4, -0.2) is 17.0 Å². The Labute approximate surface area is 177 Å². The fourth-order valence-corrected chi connectivity index (χ4v) is 4.66. The predicted molar refractivity (Wildman–Crippen MR) is 117 cm³/mol. The number of carbonyl (C=O) groups is 1. The molecule has 152 valence electrons. The number of hydrogen-bond donors (Lipinski definition) is 1. The van der Waals surface area contributed by atoms with Crippen LogP contribution in [0.3, 0.4) is 0 Å². The lowest BCUT2D eigenvalue weighted by atomic mass is 9.61. The highest BCUT2D eigenvalue weighted by atomic mass is 19.1. The van der Waals surface area contributed by atoms with Crippen LogP contribution in [0, 0.1) is 23.1 Å². The second kappa shape index (κ2) is 8.05. The molecule has 1 fully saturated rings. The molecule has 0 unspecified atom stereocenters. The lowest BCUT2D eigenvalue weighted by molar-refractivity contribution is -0.113. The van der Waals surface area contributed by atoms with E-state index in [1.54, 1.807) is 12.1 Å². The molecule has 2 aromatic rings. The van der Waals surface area contributed by atoms with E-state index in [-0.39, 0.29) is 17.0 Å². The highest BCUT2D eigenvalue weighted by Crippen LogP contribution is 2.50. The highest BCUT2D eigenvalue weighted by molar-refractivity contribution is 6.12. The van der Waals surface area contributed by atoms with Crippen molar-refractivity contribution in [1.29, 1.82) is 0 Å². The van der Waals surface area contributed by atoms with Crippen molar-refractivity contribution < 1.29 is 14.3 Å². The van der Waals surface area contributed by atoms with Crippen LogP contribution in [0.1, 0.15) is 56.2 Å². The molecule has 4 rings (SSSR count). The minimum atomic E-state index is -0.409. The van der Waals surface area contributed by atoms with Crippen LogP contribution < -0.4 is 0 Å². The van der Waals surface area contributed by atoms with Crippen molar-refractivity contribution in [1.82, 2.24) is 0 Å². The number of fused-ring (bicyclic) bond motifs is 1. The number of rotatable bonds is 1. The molecule has 0 saturated heterocycles. The molecule has 0 spiro atoms. The molecule has 0 aromatic heterocycles. The van der Waals surface area contributed by atoms with Crippen LogP contribution in [0.15, 0.2) is 65.3 Å². The van der Waals surface area contributed by atoms with Crippen molar-refractivity contribution in [2.24, 2.45) is 5.41 Å². The van der Waals surface area contributed by atoms with E-state index in [0.717, 1.165) is 47.1 Å². The predicted octanol–water partition coefficient (Wildman–Crippen LogP) is 5.45. The van der Waals surface area contributed by atoms with E-state index in [9.17, 15) is 14.3 Å². The van der Waals surface area contributed by atoms with E-state index in [1.807, 2.05) is 37.3 Å². The van der Waals surface area contributed by atoms with Crippen LogP contribution in [-0.2, 0) is 4.79 Å². The number of halogens is 1. The summed E-state index contributed by atoms with van der Waals surface area (Å²) in [6, 6.07) is 13.9. The molecular formula is C27H25FO2. The first-order valence-electron chi connectivity index (χ1n) is 10.4. The van der Waals surface area contributed by atoms with Crippen molar-refractivity contribution in [3.63, 3.8) is 0 Å². The molecule has 0 aliphatic heterocycles. The minimum absolute atomic E-state index is 0.0894. The van der Waals surface area contributed by atoms with E-state index in [4.69, 9.17) is 0 Å². The third-order valence-electron chi connectivity index (χ3n) is 6.40. The first-order chi connectivity index (χ1) is 14.4. The van der Waals surface area contributed by atoms with Crippen molar-refractivity contribution in [3.8, 4) is 11.8 Å². The Hall–Kier alpha value is -2.96. The Balaban J connectivity index is 1.58. The van der Waals surface area contributed by atoms with Gasteiger partial charge in [-0.15, -0.1) is 0 Å². The van der Waals surface area contributed by atoms with Gasteiger partial charge in [-0.2, -0.15) is 0 Å². The second-order valence-electron chi connectivity index (χ2n) is 8.49. The number of aliphatic hydroxyl groups excluding tert-OH is 1. The molecule has 1 N–H and O–H groups in total. The molecule has 0 heterocycles. The number of ketones is 1. The van der Waals surface area contributed by atoms with Crippen LogP contribution in [0.2, 0.25) is 0 Å². The summed E-state index contributed by atoms with van der Waals surface area (Å²) in [4.78, 5) is 12.9. The minimum Gasteiger partial charge on any atom is -0.392 e. The van der Waals surface area contributed by atoms with Gasteiger partial charge < -0.3 is 5.11 Å². The van der Waals surface area contributed by atoms with Gasteiger partial charge in [-0.3, -0.25) is 4.79 Å². The van der Waals surface area contributed by atoms with Crippen LogP contribution >= 0.6 is 0 Å². The van der Waals surface area contributed by atoms with Gasteiger partial charge in [0.05, 0.1) is 6.10 Å². The van der Waals surface area contributed by atoms with Crippen LogP contribution in [0.25, 0.3) is 6.08 Å². The van der Waals surface area contributed by atoms with E-state index < -0.39 is 6.10 Å². The Bertz CT molecular complexity index is 1110. The zero-order chi connectivity index (χ0) is 21.3. The van der Waals surface area contributed by atoms with Gasteiger partial charge in [0, 0.05) is 22.1 Å². The standard InChI is InChI=1S/C27H25FO2/c1-18-24-7-4-8-25(29)27(24,2)17-22(26(18)30)15-21-13-10-19(11-14-21)9-12-20-5-3-6-23(28)16-20/h3,5-6,10-11,13-16,25,29H,4,7-8,17H2,1-2H3/t25-,27-/m0/s1. The first kappa shape index (κ1) is 20.3. The molecule has 2 aliphatic rings. The maximum atomic E-state index is 13.3. The monoisotopic (exact) mass is 400 g/mol. The number of aliphatic hydroxyl groups is 1. The number of benzene rings is 2. The van der Waals surface area contributed by atoms with E-state index in [0.29, 0.717) is 12.0 Å². The van der Waals surface area contributed by atoms with Crippen molar-refractivity contribution in [2.45, 2.75) is 45.6 Å². The smallest absolute Gasteiger partial charge is 0.184 e. The molecule has 0 radical (unpaired) electrons. The SMILES string of the molecule is CC1=C2CCC[C@H](O)[C@@]2(C)CC(=Cc2ccc(C#Cc3cccc(F)c3)cc2)C1=O.